The minimum absolute atomic E-state index is 0.0452. The first kappa shape index (κ1) is 41.0. The van der Waals surface area contributed by atoms with Crippen LogP contribution in [0.15, 0.2) is 48.6 Å². The Labute approximate surface area is 260 Å². The number of ether oxygens (including phenoxy) is 2. The first-order valence-electron chi connectivity index (χ1n) is 16.2. The molecule has 0 amide bonds. The second kappa shape index (κ2) is 30.0. The molecule has 0 rings (SSSR count). The lowest BCUT2D eigenvalue weighted by molar-refractivity contribution is -0.161. The van der Waals surface area contributed by atoms with Gasteiger partial charge in [0.15, 0.2) is 6.10 Å². The molecule has 0 heterocycles. The molecule has 0 aliphatic rings. The van der Waals surface area contributed by atoms with E-state index in [2.05, 4.69) is 26.0 Å². The molecule has 2 atom stereocenters. The van der Waals surface area contributed by atoms with Gasteiger partial charge in [-0.25, -0.2) is 4.57 Å². The fraction of sp³-hybridized carbons (Fsp3) is 0.697. The minimum atomic E-state index is -4.37. The summed E-state index contributed by atoms with van der Waals surface area (Å²) in [6, 6.07) is 0. The van der Waals surface area contributed by atoms with E-state index in [1.807, 2.05) is 36.5 Å². The molecule has 0 radical (unpaired) electrons. The molecular formula is C33H58NO8P. The highest BCUT2D eigenvalue weighted by atomic mass is 31.2. The van der Waals surface area contributed by atoms with Crippen LogP contribution < -0.4 is 5.73 Å². The molecule has 0 aliphatic carbocycles. The van der Waals surface area contributed by atoms with Crippen molar-refractivity contribution in [1.29, 1.82) is 0 Å². The average molecular weight is 628 g/mol. The van der Waals surface area contributed by atoms with Crippen LogP contribution in [0.3, 0.4) is 0 Å². The molecule has 0 aliphatic heterocycles. The van der Waals surface area contributed by atoms with Crippen molar-refractivity contribution >= 4 is 19.8 Å². The Morgan fingerprint density at radius 1 is 0.721 bits per heavy atom. The number of phosphoric ester groups is 1. The molecule has 10 heteroatoms. The Bertz CT molecular complexity index is 856. The fourth-order valence-corrected chi connectivity index (χ4v) is 4.70. The number of carbonyl (C=O) groups excluding carboxylic acids is 2. The van der Waals surface area contributed by atoms with Gasteiger partial charge in [0, 0.05) is 19.4 Å². The van der Waals surface area contributed by atoms with Crippen molar-refractivity contribution < 1.29 is 37.6 Å². The first-order chi connectivity index (χ1) is 20.8. The third kappa shape index (κ3) is 29.8. The molecule has 0 aromatic carbocycles. The number of phosphoric acid groups is 1. The maximum absolute atomic E-state index is 12.4. The second-order valence-electron chi connectivity index (χ2n) is 10.4. The SMILES string of the molecule is CC/C=C/C=C/C=C/C=C/CCCCCC(=O)OC(COC(=O)CCCCCCCCCCC)COP(=O)(O)OCCN. The van der Waals surface area contributed by atoms with Crippen LogP contribution in [0.1, 0.15) is 117 Å². The van der Waals surface area contributed by atoms with Crippen molar-refractivity contribution in [2.75, 3.05) is 26.4 Å². The summed E-state index contributed by atoms with van der Waals surface area (Å²) >= 11 is 0. The molecule has 2 unspecified atom stereocenters. The van der Waals surface area contributed by atoms with Crippen LogP contribution in [0.2, 0.25) is 0 Å². The van der Waals surface area contributed by atoms with Gasteiger partial charge in [-0.15, -0.1) is 0 Å². The van der Waals surface area contributed by atoms with Gasteiger partial charge >= 0.3 is 19.8 Å². The van der Waals surface area contributed by atoms with Crippen LogP contribution in [0.25, 0.3) is 0 Å². The van der Waals surface area contributed by atoms with Gasteiger partial charge in [0.1, 0.15) is 6.61 Å². The van der Waals surface area contributed by atoms with Crippen LogP contribution in [0.5, 0.6) is 0 Å². The normalized spacial score (nSPS) is 14.2. The molecule has 43 heavy (non-hydrogen) atoms. The van der Waals surface area contributed by atoms with E-state index >= 15 is 0 Å². The van der Waals surface area contributed by atoms with E-state index in [9.17, 15) is 19.0 Å². The molecule has 0 saturated heterocycles. The lowest BCUT2D eigenvalue weighted by Crippen LogP contribution is -2.29. The maximum atomic E-state index is 12.4. The maximum Gasteiger partial charge on any atom is 0.472 e. The molecule has 0 fully saturated rings. The molecular weight excluding hydrogens is 569 g/mol. The summed E-state index contributed by atoms with van der Waals surface area (Å²) in [6.07, 6.45) is 30.1. The van der Waals surface area contributed by atoms with Crippen molar-refractivity contribution in [3.8, 4) is 0 Å². The highest BCUT2D eigenvalue weighted by Gasteiger charge is 2.25. The smallest absolute Gasteiger partial charge is 0.462 e. The fourth-order valence-electron chi connectivity index (χ4n) is 3.94. The number of carbonyl (C=O) groups is 2. The number of hydrogen-bond donors (Lipinski definition) is 2. The topological polar surface area (TPSA) is 134 Å². The van der Waals surface area contributed by atoms with Crippen molar-refractivity contribution in [2.24, 2.45) is 5.73 Å². The zero-order chi connectivity index (χ0) is 31.9. The summed E-state index contributed by atoms with van der Waals surface area (Å²) in [5.74, 6) is -0.885. The van der Waals surface area contributed by atoms with Gasteiger partial charge in [0.25, 0.3) is 0 Å². The van der Waals surface area contributed by atoms with E-state index in [0.717, 1.165) is 44.9 Å². The number of allylic oxidation sites excluding steroid dienone is 8. The van der Waals surface area contributed by atoms with Gasteiger partial charge in [-0.2, -0.15) is 0 Å². The number of hydrogen-bond acceptors (Lipinski definition) is 8. The van der Waals surface area contributed by atoms with Gasteiger partial charge in [-0.05, 0) is 32.1 Å². The Morgan fingerprint density at radius 3 is 1.91 bits per heavy atom. The standard InChI is InChI=1S/C33H58NO8P/c1-3-5-7-9-11-13-14-15-16-18-20-22-24-26-33(36)42-31(30-41-43(37,38)40-28-27-34)29-39-32(35)25-23-21-19-17-12-10-8-6-4-2/h5,7,9,11,13-16,31H,3-4,6,8,10,12,17-30,34H2,1-2H3,(H,37,38)/b7-5+,11-9+,14-13+,16-15+. The molecule has 0 aromatic heterocycles. The van der Waals surface area contributed by atoms with Gasteiger partial charge in [-0.3, -0.25) is 18.6 Å². The zero-order valence-corrected chi connectivity index (χ0v) is 27.6. The van der Waals surface area contributed by atoms with E-state index in [4.69, 9.17) is 24.3 Å². The molecule has 0 bridgehead atoms. The summed E-state index contributed by atoms with van der Waals surface area (Å²) in [5.41, 5.74) is 5.30. The summed E-state index contributed by atoms with van der Waals surface area (Å²) in [4.78, 5) is 34.4. The minimum Gasteiger partial charge on any atom is -0.462 e. The summed E-state index contributed by atoms with van der Waals surface area (Å²) in [6.45, 7) is 3.47. The Morgan fingerprint density at radius 2 is 1.28 bits per heavy atom. The average Bonchev–Trinajstić information content (AvgIpc) is 2.99. The van der Waals surface area contributed by atoms with Crippen molar-refractivity contribution in [2.45, 2.75) is 123 Å². The molecule has 9 nitrogen and oxygen atoms in total. The third-order valence-corrected chi connectivity index (χ3v) is 7.31. The van der Waals surface area contributed by atoms with Crippen LogP contribution in [0, 0.1) is 0 Å². The third-order valence-electron chi connectivity index (χ3n) is 6.32. The van der Waals surface area contributed by atoms with Crippen LogP contribution in [-0.4, -0.2) is 49.3 Å². The van der Waals surface area contributed by atoms with E-state index in [-0.39, 0.29) is 32.6 Å². The molecule has 0 spiro atoms. The Balaban J connectivity index is 4.41. The van der Waals surface area contributed by atoms with E-state index < -0.39 is 32.5 Å². The van der Waals surface area contributed by atoms with Crippen molar-refractivity contribution in [3.63, 3.8) is 0 Å². The van der Waals surface area contributed by atoms with Crippen molar-refractivity contribution in [1.82, 2.24) is 0 Å². The Hall–Kier alpha value is -2.03. The van der Waals surface area contributed by atoms with E-state index in [1.165, 1.54) is 38.5 Å². The monoisotopic (exact) mass is 627 g/mol. The van der Waals surface area contributed by atoms with Gasteiger partial charge in [0.2, 0.25) is 0 Å². The quantitative estimate of drug-likeness (QED) is 0.0366. The number of nitrogens with two attached hydrogens (primary N) is 1. The van der Waals surface area contributed by atoms with E-state index in [0.29, 0.717) is 6.42 Å². The van der Waals surface area contributed by atoms with Crippen LogP contribution >= 0.6 is 7.82 Å². The number of rotatable bonds is 29. The summed E-state index contributed by atoms with van der Waals surface area (Å²) in [7, 11) is -4.37. The van der Waals surface area contributed by atoms with Crippen LogP contribution in [0.4, 0.5) is 0 Å². The molecule has 248 valence electrons. The molecule has 3 N–H and O–H groups in total. The van der Waals surface area contributed by atoms with Crippen molar-refractivity contribution in [3.05, 3.63) is 48.6 Å². The highest BCUT2D eigenvalue weighted by molar-refractivity contribution is 7.47. The van der Waals surface area contributed by atoms with Gasteiger partial charge < -0.3 is 20.1 Å². The first-order valence-corrected chi connectivity index (χ1v) is 17.7. The predicted octanol–water partition coefficient (Wildman–Crippen LogP) is 8.04. The Kier molecular flexibility index (Phi) is 28.6. The number of esters is 2. The second-order valence-corrected chi connectivity index (χ2v) is 11.8. The lowest BCUT2D eigenvalue weighted by atomic mass is 10.1. The largest absolute Gasteiger partial charge is 0.472 e. The van der Waals surface area contributed by atoms with Crippen LogP contribution in [-0.2, 0) is 32.7 Å². The zero-order valence-electron chi connectivity index (χ0n) is 26.7. The highest BCUT2D eigenvalue weighted by Crippen LogP contribution is 2.43. The number of unbranched alkanes of at least 4 members (excludes halogenated alkanes) is 11. The summed E-state index contributed by atoms with van der Waals surface area (Å²) in [5, 5.41) is 0. The predicted molar refractivity (Wildman–Crippen MR) is 173 cm³/mol. The van der Waals surface area contributed by atoms with Gasteiger partial charge in [0.05, 0.1) is 13.2 Å². The summed E-state index contributed by atoms with van der Waals surface area (Å²) < 4.78 is 32.4. The van der Waals surface area contributed by atoms with E-state index in [1.54, 1.807) is 0 Å². The molecule has 0 aromatic rings. The van der Waals surface area contributed by atoms with Gasteiger partial charge in [-0.1, -0.05) is 120 Å². The lowest BCUT2D eigenvalue weighted by Gasteiger charge is -2.19. The molecule has 0 saturated carbocycles.